The van der Waals surface area contributed by atoms with Crippen molar-refractivity contribution in [3.63, 3.8) is 0 Å². The number of hydrogen-bond donors (Lipinski definition) is 0. The molecule has 0 saturated heterocycles. The molecular weight excluding hydrogens is 379 g/mol. The first kappa shape index (κ1) is 22.5. The molecule has 0 aliphatic heterocycles. The van der Waals surface area contributed by atoms with E-state index in [-0.39, 0.29) is 5.82 Å². The van der Waals surface area contributed by atoms with Crippen LogP contribution in [-0.4, -0.2) is 0 Å². The Morgan fingerprint density at radius 2 is 1.87 bits per heavy atom. The summed E-state index contributed by atoms with van der Waals surface area (Å²) in [4.78, 5) is 0. The van der Waals surface area contributed by atoms with Gasteiger partial charge in [0, 0.05) is 6.42 Å². The standard InChI is InChI=1S/C30H31F/c1-4-5-6-9-28-19-20-29(22-30(28)31)27-10-7-8-26(17-18-27)21-24(3)13-16-25-14-11-23(2)12-15-25/h7,10-20,22H,3-6,9,21H2,1-2H3/b16-13+. The summed E-state index contributed by atoms with van der Waals surface area (Å²) in [5.74, 6) is -0.112. The van der Waals surface area contributed by atoms with Crippen LogP contribution in [0.15, 0.2) is 96.3 Å². The SMILES string of the molecule is C=C(/C=C/c1ccc(C)cc1)CC1=C=CC=C(c2ccc(CCCCC)c(F)c2)C=C1. The van der Waals surface area contributed by atoms with E-state index in [9.17, 15) is 4.39 Å². The molecule has 0 bridgehead atoms. The number of aryl methyl sites for hydroxylation is 2. The number of unbranched alkanes of at least 4 members (excludes halogenated alkanes) is 2. The minimum Gasteiger partial charge on any atom is -0.207 e. The second kappa shape index (κ2) is 11.3. The fraction of sp³-hybridized carbons (Fsp3) is 0.233. The summed E-state index contributed by atoms with van der Waals surface area (Å²) in [6.45, 7) is 8.43. The van der Waals surface area contributed by atoms with Crippen LogP contribution in [0.2, 0.25) is 0 Å². The van der Waals surface area contributed by atoms with Gasteiger partial charge in [-0.1, -0.05) is 98.2 Å². The lowest BCUT2D eigenvalue weighted by Crippen LogP contribution is -1.93. The molecule has 1 heteroatoms. The zero-order valence-electron chi connectivity index (χ0n) is 18.6. The Bertz CT molecular complexity index is 1070. The van der Waals surface area contributed by atoms with Crippen molar-refractivity contribution in [1.82, 2.24) is 0 Å². The van der Waals surface area contributed by atoms with E-state index in [0.29, 0.717) is 0 Å². The Kier molecular flexibility index (Phi) is 8.21. The number of hydrogen-bond acceptors (Lipinski definition) is 0. The van der Waals surface area contributed by atoms with E-state index in [1.807, 2.05) is 36.4 Å². The topological polar surface area (TPSA) is 0 Å². The molecule has 0 aromatic heterocycles. The van der Waals surface area contributed by atoms with Gasteiger partial charge in [-0.25, -0.2) is 4.39 Å². The number of rotatable bonds is 9. The smallest absolute Gasteiger partial charge is 0.127 e. The molecule has 0 heterocycles. The van der Waals surface area contributed by atoms with Gasteiger partial charge < -0.3 is 0 Å². The van der Waals surface area contributed by atoms with Crippen molar-refractivity contribution in [2.45, 2.75) is 46.0 Å². The van der Waals surface area contributed by atoms with E-state index >= 15 is 0 Å². The Labute approximate surface area is 186 Å². The molecule has 0 N–H and O–H groups in total. The van der Waals surface area contributed by atoms with Crippen molar-refractivity contribution >= 4 is 11.6 Å². The molecule has 158 valence electrons. The predicted molar refractivity (Wildman–Crippen MR) is 132 cm³/mol. The van der Waals surface area contributed by atoms with Crippen molar-refractivity contribution in [2.75, 3.05) is 0 Å². The molecule has 0 atom stereocenters. The molecule has 0 nitrogen and oxygen atoms in total. The second-order valence-corrected chi connectivity index (χ2v) is 8.13. The van der Waals surface area contributed by atoms with Gasteiger partial charge in [0.2, 0.25) is 0 Å². The van der Waals surface area contributed by atoms with Crippen molar-refractivity contribution in [3.05, 3.63) is 124 Å². The predicted octanol–water partition coefficient (Wildman–Crippen LogP) is 8.56. The maximum atomic E-state index is 14.5. The number of allylic oxidation sites excluding steroid dienone is 7. The molecule has 2 aromatic carbocycles. The van der Waals surface area contributed by atoms with E-state index in [4.69, 9.17) is 0 Å². The van der Waals surface area contributed by atoms with Crippen LogP contribution in [0, 0.1) is 12.7 Å². The first-order valence-corrected chi connectivity index (χ1v) is 11.1. The van der Waals surface area contributed by atoms with Crippen LogP contribution in [0.5, 0.6) is 0 Å². The third kappa shape index (κ3) is 6.95. The molecule has 2 aromatic rings. The highest BCUT2D eigenvalue weighted by molar-refractivity contribution is 5.76. The average Bonchev–Trinajstić information content (AvgIpc) is 3.00. The molecule has 1 aliphatic rings. The minimum absolute atomic E-state index is 0.112. The Morgan fingerprint density at radius 1 is 1.06 bits per heavy atom. The van der Waals surface area contributed by atoms with E-state index < -0.39 is 0 Å². The van der Waals surface area contributed by atoms with Gasteiger partial charge in [0.15, 0.2) is 0 Å². The second-order valence-electron chi connectivity index (χ2n) is 8.13. The lowest BCUT2D eigenvalue weighted by molar-refractivity contribution is 0.598. The van der Waals surface area contributed by atoms with E-state index in [1.165, 1.54) is 5.56 Å². The van der Waals surface area contributed by atoms with Crippen LogP contribution in [0.4, 0.5) is 4.39 Å². The molecule has 0 fully saturated rings. The highest BCUT2D eigenvalue weighted by Gasteiger charge is 2.07. The number of benzene rings is 2. The van der Waals surface area contributed by atoms with E-state index in [2.05, 4.69) is 62.6 Å². The highest BCUT2D eigenvalue weighted by Crippen LogP contribution is 2.24. The van der Waals surface area contributed by atoms with Crippen molar-refractivity contribution in [1.29, 1.82) is 0 Å². The van der Waals surface area contributed by atoms with E-state index in [0.717, 1.165) is 65.5 Å². The first-order valence-electron chi connectivity index (χ1n) is 11.1. The summed E-state index contributed by atoms with van der Waals surface area (Å²) in [6.07, 6.45) is 17.0. The maximum absolute atomic E-state index is 14.5. The van der Waals surface area contributed by atoms with Gasteiger partial charge in [0.05, 0.1) is 0 Å². The monoisotopic (exact) mass is 410 g/mol. The molecule has 0 saturated carbocycles. The summed E-state index contributed by atoms with van der Waals surface area (Å²) in [5, 5.41) is 0. The fourth-order valence-corrected chi connectivity index (χ4v) is 3.53. The zero-order chi connectivity index (χ0) is 22.1. The fourth-order valence-electron chi connectivity index (χ4n) is 3.53. The Hall–Kier alpha value is -3.15. The zero-order valence-corrected chi connectivity index (χ0v) is 18.6. The Morgan fingerprint density at radius 3 is 2.61 bits per heavy atom. The van der Waals surface area contributed by atoms with Gasteiger partial charge in [-0.15, -0.1) is 5.73 Å². The summed E-state index contributed by atoms with van der Waals surface area (Å²) >= 11 is 0. The van der Waals surface area contributed by atoms with Crippen LogP contribution < -0.4 is 0 Å². The van der Waals surface area contributed by atoms with Crippen LogP contribution in [-0.2, 0) is 6.42 Å². The first-order chi connectivity index (χ1) is 15.0. The molecule has 0 amide bonds. The van der Waals surface area contributed by atoms with E-state index in [1.54, 1.807) is 6.07 Å². The number of halogens is 1. The highest BCUT2D eigenvalue weighted by atomic mass is 19.1. The van der Waals surface area contributed by atoms with Gasteiger partial charge in [-0.3, -0.25) is 0 Å². The largest absolute Gasteiger partial charge is 0.207 e. The van der Waals surface area contributed by atoms with Crippen LogP contribution in [0.3, 0.4) is 0 Å². The molecule has 0 unspecified atom stereocenters. The summed E-state index contributed by atoms with van der Waals surface area (Å²) in [5.41, 5.74) is 10.5. The lowest BCUT2D eigenvalue weighted by atomic mass is 9.99. The van der Waals surface area contributed by atoms with Crippen molar-refractivity contribution < 1.29 is 4.39 Å². The molecule has 31 heavy (non-hydrogen) atoms. The van der Waals surface area contributed by atoms with Crippen LogP contribution in [0.1, 0.15) is 54.9 Å². The van der Waals surface area contributed by atoms with Gasteiger partial charge in [0.1, 0.15) is 5.82 Å². The summed E-state index contributed by atoms with van der Waals surface area (Å²) in [6, 6.07) is 14.0. The summed E-state index contributed by atoms with van der Waals surface area (Å²) in [7, 11) is 0. The van der Waals surface area contributed by atoms with Crippen LogP contribution in [0.25, 0.3) is 11.6 Å². The van der Waals surface area contributed by atoms with Gasteiger partial charge >= 0.3 is 0 Å². The molecule has 0 spiro atoms. The summed E-state index contributed by atoms with van der Waals surface area (Å²) < 4.78 is 14.5. The third-order valence-corrected chi connectivity index (χ3v) is 5.44. The normalized spacial score (nSPS) is 13.3. The Balaban J connectivity index is 1.61. The average molecular weight is 411 g/mol. The van der Waals surface area contributed by atoms with Crippen molar-refractivity contribution in [2.24, 2.45) is 0 Å². The third-order valence-electron chi connectivity index (χ3n) is 5.44. The van der Waals surface area contributed by atoms with Gasteiger partial charge in [-0.2, -0.15) is 0 Å². The van der Waals surface area contributed by atoms with Gasteiger partial charge in [-0.05, 0) is 65.8 Å². The molecule has 1 aliphatic carbocycles. The lowest BCUT2D eigenvalue weighted by Gasteiger charge is -2.07. The van der Waals surface area contributed by atoms with Gasteiger partial charge in [0.25, 0.3) is 0 Å². The minimum atomic E-state index is -0.112. The quantitative estimate of drug-likeness (QED) is 0.221. The maximum Gasteiger partial charge on any atom is 0.127 e. The molecule has 0 radical (unpaired) electrons. The van der Waals surface area contributed by atoms with Crippen LogP contribution >= 0.6 is 0 Å². The molecular formula is C30H31F. The molecule has 3 rings (SSSR count). The van der Waals surface area contributed by atoms with Crippen molar-refractivity contribution in [3.8, 4) is 0 Å².